The van der Waals surface area contributed by atoms with Gasteiger partial charge >= 0.3 is 12.1 Å². The maximum atomic E-state index is 13.1. The third-order valence-corrected chi connectivity index (χ3v) is 9.36. The Balaban J connectivity index is 1.14. The van der Waals surface area contributed by atoms with Crippen molar-refractivity contribution in [2.45, 2.75) is 56.6 Å². The van der Waals surface area contributed by atoms with Gasteiger partial charge in [0.1, 0.15) is 6.04 Å². The molecule has 0 aliphatic carbocycles. The van der Waals surface area contributed by atoms with Gasteiger partial charge in [0, 0.05) is 74.8 Å². The first-order chi connectivity index (χ1) is 24.0. The number of piperazine rings is 1. The van der Waals surface area contributed by atoms with Crippen LogP contribution < -0.4 is 10.2 Å². The lowest BCUT2D eigenvalue weighted by Gasteiger charge is -2.41. The zero-order valence-corrected chi connectivity index (χ0v) is 27.1. The van der Waals surface area contributed by atoms with Crippen molar-refractivity contribution in [3.8, 4) is 0 Å². The lowest BCUT2D eigenvalue weighted by Crippen LogP contribution is -2.49. The number of nitro groups is 1. The summed E-state index contributed by atoms with van der Waals surface area (Å²) in [5, 5.41) is 23.2. The molecule has 0 bridgehead atoms. The van der Waals surface area contributed by atoms with E-state index >= 15 is 0 Å². The van der Waals surface area contributed by atoms with E-state index in [1.807, 2.05) is 24.3 Å². The highest BCUT2D eigenvalue weighted by molar-refractivity contribution is 5.98. The fourth-order valence-electron chi connectivity index (χ4n) is 6.73. The third kappa shape index (κ3) is 8.24. The van der Waals surface area contributed by atoms with Crippen LogP contribution in [0, 0.1) is 10.1 Å². The van der Waals surface area contributed by atoms with Crippen LogP contribution in [-0.4, -0.2) is 89.2 Å². The van der Waals surface area contributed by atoms with Gasteiger partial charge in [0.2, 0.25) is 5.91 Å². The van der Waals surface area contributed by atoms with Crippen LogP contribution in [0.3, 0.4) is 0 Å². The Morgan fingerprint density at radius 2 is 1.66 bits per heavy atom. The predicted molar refractivity (Wildman–Crippen MR) is 176 cm³/mol. The molecule has 2 N–H and O–H groups in total. The summed E-state index contributed by atoms with van der Waals surface area (Å²) in [4.78, 5) is 40.7. The van der Waals surface area contributed by atoms with Crippen molar-refractivity contribution in [3.05, 3.63) is 99.6 Å². The SMILES string of the molecule is O=C(Nc1cccc(C2OC(CN3CCN(c4ccc([N+](=O)[O-])cc4)CC3)CC(c3ccc(CO)cc3)O2)c1)C1CCCN1C(=O)C(F)(F)F. The Kier molecular flexibility index (Phi) is 10.7. The smallest absolute Gasteiger partial charge is 0.392 e. The van der Waals surface area contributed by atoms with Crippen LogP contribution in [0.5, 0.6) is 0 Å². The lowest BCUT2D eigenvalue weighted by molar-refractivity contribution is -0.384. The second-order valence-electron chi connectivity index (χ2n) is 12.7. The van der Waals surface area contributed by atoms with E-state index in [9.17, 15) is 38.0 Å². The molecule has 3 aliphatic heterocycles. The number of likely N-dealkylation sites (tertiary alicyclic amines) is 1. The largest absolute Gasteiger partial charge is 0.471 e. The molecule has 3 aromatic rings. The molecular weight excluding hydrogens is 659 g/mol. The van der Waals surface area contributed by atoms with Crippen LogP contribution >= 0.6 is 0 Å². The minimum atomic E-state index is -5.06. The van der Waals surface area contributed by atoms with E-state index in [1.165, 1.54) is 12.1 Å². The first kappa shape index (κ1) is 35.3. The summed E-state index contributed by atoms with van der Waals surface area (Å²) in [5.74, 6) is -2.72. The van der Waals surface area contributed by atoms with E-state index in [0.717, 1.165) is 43.0 Å². The fraction of sp³-hybridized carbons (Fsp3) is 0.429. The number of anilines is 2. The number of aliphatic hydroxyl groups is 1. The summed E-state index contributed by atoms with van der Waals surface area (Å²) in [7, 11) is 0. The highest BCUT2D eigenvalue weighted by atomic mass is 19.4. The average Bonchev–Trinajstić information content (AvgIpc) is 3.61. The van der Waals surface area contributed by atoms with Crippen LogP contribution in [0.2, 0.25) is 0 Å². The van der Waals surface area contributed by atoms with Crippen molar-refractivity contribution in [1.29, 1.82) is 0 Å². The van der Waals surface area contributed by atoms with E-state index in [0.29, 0.717) is 29.1 Å². The highest BCUT2D eigenvalue weighted by Crippen LogP contribution is 2.39. The number of alkyl halides is 3. The number of halogens is 3. The van der Waals surface area contributed by atoms with E-state index in [4.69, 9.17) is 9.47 Å². The molecule has 0 saturated carbocycles. The normalized spacial score (nSPS) is 23.1. The van der Waals surface area contributed by atoms with Crippen LogP contribution in [0.4, 0.5) is 30.2 Å². The van der Waals surface area contributed by atoms with Crippen molar-refractivity contribution < 1.29 is 42.3 Å². The minimum Gasteiger partial charge on any atom is -0.392 e. The molecule has 4 atom stereocenters. The van der Waals surface area contributed by atoms with Crippen LogP contribution in [0.1, 0.15) is 48.3 Å². The standard InChI is InChI=1S/C35H38F3N5O7/c36-35(37,38)34(46)42-14-2-5-30(42)32(45)39-26-4-1-3-25(19-26)33-49-29(20-31(50-33)24-8-6-23(22-44)7-9-24)21-40-15-17-41(18-16-40)27-10-12-28(13-11-27)43(47)48/h1,3-4,6-13,19,29-31,33,44H,2,5,14-18,20-22H2,(H,39,45). The Hall–Kier alpha value is -4.57. The molecule has 3 aromatic carbocycles. The van der Waals surface area contributed by atoms with E-state index in [1.54, 1.807) is 36.4 Å². The number of nitrogens with zero attached hydrogens (tertiary/aromatic N) is 4. The maximum absolute atomic E-state index is 13.1. The molecular formula is C35H38F3N5O7. The third-order valence-electron chi connectivity index (χ3n) is 9.36. The van der Waals surface area contributed by atoms with Gasteiger partial charge in [-0.2, -0.15) is 13.2 Å². The Morgan fingerprint density at radius 1 is 0.940 bits per heavy atom. The van der Waals surface area contributed by atoms with Gasteiger partial charge in [0.15, 0.2) is 6.29 Å². The number of amides is 2. The summed E-state index contributed by atoms with van der Waals surface area (Å²) in [6.07, 6.45) is -5.53. The van der Waals surface area contributed by atoms with Crippen LogP contribution in [0.25, 0.3) is 0 Å². The van der Waals surface area contributed by atoms with Gasteiger partial charge in [-0.05, 0) is 48.2 Å². The number of benzene rings is 3. The molecule has 3 saturated heterocycles. The molecule has 4 unspecified atom stereocenters. The number of nitrogens with one attached hydrogen (secondary N) is 1. The van der Waals surface area contributed by atoms with Gasteiger partial charge in [-0.1, -0.05) is 36.4 Å². The van der Waals surface area contributed by atoms with Gasteiger partial charge in [-0.25, -0.2) is 0 Å². The molecule has 0 radical (unpaired) electrons. The highest BCUT2D eigenvalue weighted by Gasteiger charge is 2.47. The number of nitro benzene ring substituents is 1. The molecule has 3 fully saturated rings. The van der Waals surface area contributed by atoms with Crippen LogP contribution in [-0.2, 0) is 25.7 Å². The van der Waals surface area contributed by atoms with Crippen molar-refractivity contribution in [3.63, 3.8) is 0 Å². The molecule has 3 aliphatic rings. The van der Waals surface area contributed by atoms with Crippen molar-refractivity contribution in [2.75, 3.05) is 49.5 Å². The number of rotatable bonds is 9. The van der Waals surface area contributed by atoms with Crippen molar-refractivity contribution >= 4 is 28.9 Å². The minimum absolute atomic E-state index is 0.0463. The molecule has 0 aromatic heterocycles. The zero-order valence-electron chi connectivity index (χ0n) is 27.1. The number of carbonyl (C=O) groups excluding carboxylic acids is 2. The number of ether oxygens (including phenoxy) is 2. The number of non-ortho nitro benzene ring substituents is 1. The summed E-state index contributed by atoms with van der Waals surface area (Å²) in [6.45, 7) is 3.32. The van der Waals surface area contributed by atoms with Gasteiger partial charge in [0.05, 0.1) is 23.7 Å². The molecule has 15 heteroatoms. The molecule has 0 spiro atoms. The second-order valence-corrected chi connectivity index (χ2v) is 12.7. The van der Waals surface area contributed by atoms with Gasteiger partial charge in [-0.15, -0.1) is 0 Å². The van der Waals surface area contributed by atoms with Gasteiger partial charge in [-0.3, -0.25) is 24.6 Å². The summed E-state index contributed by atoms with van der Waals surface area (Å²) in [5.41, 5.74) is 3.57. The Morgan fingerprint density at radius 3 is 2.32 bits per heavy atom. The van der Waals surface area contributed by atoms with E-state index in [2.05, 4.69) is 15.1 Å². The topological polar surface area (TPSA) is 138 Å². The molecule has 3 heterocycles. The predicted octanol–water partition coefficient (Wildman–Crippen LogP) is 4.95. The number of hydrogen-bond donors (Lipinski definition) is 2. The monoisotopic (exact) mass is 697 g/mol. The number of hydrogen-bond acceptors (Lipinski definition) is 9. The summed E-state index contributed by atoms with van der Waals surface area (Å²) < 4.78 is 52.3. The quantitative estimate of drug-likeness (QED) is 0.235. The van der Waals surface area contributed by atoms with Crippen molar-refractivity contribution in [1.82, 2.24) is 9.80 Å². The van der Waals surface area contributed by atoms with Crippen LogP contribution in [0.15, 0.2) is 72.8 Å². The molecule has 2 amide bonds. The second kappa shape index (κ2) is 15.1. The average molecular weight is 698 g/mol. The van der Waals surface area contributed by atoms with Gasteiger partial charge in [0.25, 0.3) is 5.69 Å². The van der Waals surface area contributed by atoms with E-state index in [-0.39, 0.29) is 43.9 Å². The van der Waals surface area contributed by atoms with Gasteiger partial charge < -0.3 is 29.7 Å². The summed E-state index contributed by atoms with van der Waals surface area (Å²) >= 11 is 0. The first-order valence-electron chi connectivity index (χ1n) is 16.5. The lowest BCUT2D eigenvalue weighted by atomic mass is 9.99. The Labute approximate surface area is 286 Å². The Bertz CT molecular complexity index is 1670. The molecule has 50 heavy (non-hydrogen) atoms. The summed E-state index contributed by atoms with van der Waals surface area (Å²) in [6, 6.07) is 19.5. The zero-order chi connectivity index (χ0) is 35.4. The molecule has 266 valence electrons. The fourth-order valence-corrected chi connectivity index (χ4v) is 6.73. The number of carbonyl (C=O) groups is 2. The molecule has 12 nitrogen and oxygen atoms in total. The first-order valence-corrected chi connectivity index (χ1v) is 16.5. The maximum Gasteiger partial charge on any atom is 0.471 e. The van der Waals surface area contributed by atoms with Crippen molar-refractivity contribution in [2.24, 2.45) is 0 Å². The number of aliphatic hydroxyl groups excluding tert-OH is 1. The van der Waals surface area contributed by atoms with E-state index < -0.39 is 35.2 Å². The molecule has 6 rings (SSSR count).